The van der Waals surface area contributed by atoms with E-state index in [9.17, 15) is 9.59 Å². The van der Waals surface area contributed by atoms with Crippen LogP contribution in [0.15, 0.2) is 6.20 Å². The zero-order valence-electron chi connectivity index (χ0n) is 7.63. The van der Waals surface area contributed by atoms with E-state index >= 15 is 0 Å². The number of nitrogens with zero attached hydrogens (tertiary/aromatic N) is 1. The Labute approximate surface area is 80.1 Å². The molecule has 0 aliphatic heterocycles. The number of carbonyl (C=O) groups is 2. The second-order valence-electron chi connectivity index (χ2n) is 2.56. The summed E-state index contributed by atoms with van der Waals surface area (Å²) >= 11 is 0. The molecule has 1 heterocycles. The van der Waals surface area contributed by atoms with Gasteiger partial charge < -0.3 is 16.4 Å². The van der Waals surface area contributed by atoms with Crippen molar-refractivity contribution < 1.29 is 9.59 Å². The molecule has 0 aliphatic carbocycles. The number of hydrogen-bond acceptors (Lipinski definition) is 4. The minimum absolute atomic E-state index is 0.0895. The molecule has 2 amide bonds. The molecule has 5 N–H and O–H groups in total. The highest BCUT2D eigenvalue weighted by Gasteiger charge is 2.11. The van der Waals surface area contributed by atoms with Crippen molar-refractivity contribution in [1.82, 2.24) is 20.8 Å². The third-order valence-corrected chi connectivity index (χ3v) is 1.58. The molecule has 0 fully saturated rings. The van der Waals surface area contributed by atoms with E-state index in [1.165, 1.54) is 13.2 Å². The number of hydrogen-bond donors (Lipinski definition) is 4. The highest BCUT2D eigenvalue weighted by atomic mass is 16.2. The van der Waals surface area contributed by atoms with Gasteiger partial charge >= 0.3 is 0 Å². The second-order valence-corrected chi connectivity index (χ2v) is 2.56. The van der Waals surface area contributed by atoms with Crippen LogP contribution in [0.3, 0.4) is 0 Å². The van der Waals surface area contributed by atoms with Crippen LogP contribution in [-0.4, -0.2) is 35.6 Å². The topological polar surface area (TPSA) is 113 Å². The zero-order chi connectivity index (χ0) is 10.6. The Morgan fingerprint density at radius 2 is 2.36 bits per heavy atom. The van der Waals surface area contributed by atoms with Gasteiger partial charge in [0.25, 0.3) is 5.91 Å². The van der Waals surface area contributed by atoms with Gasteiger partial charge in [0.1, 0.15) is 5.69 Å². The SMILES string of the molecule is CNC(=O)CNC(=O)c1[nH]ncc1N. The van der Waals surface area contributed by atoms with Gasteiger partial charge in [-0.1, -0.05) is 0 Å². The molecule has 1 aromatic rings. The molecule has 0 radical (unpaired) electrons. The Morgan fingerprint density at radius 3 is 2.86 bits per heavy atom. The van der Waals surface area contributed by atoms with Crippen LogP contribution in [0.4, 0.5) is 5.69 Å². The molecule has 0 unspecified atom stereocenters. The number of carbonyl (C=O) groups excluding carboxylic acids is 2. The van der Waals surface area contributed by atoms with Crippen LogP contribution in [0.5, 0.6) is 0 Å². The minimum Gasteiger partial charge on any atom is -0.396 e. The quantitative estimate of drug-likeness (QED) is 0.470. The van der Waals surface area contributed by atoms with Gasteiger partial charge in [-0.15, -0.1) is 0 Å². The molecule has 7 nitrogen and oxygen atoms in total. The van der Waals surface area contributed by atoms with Crippen LogP contribution in [0, 0.1) is 0 Å². The van der Waals surface area contributed by atoms with Crippen molar-refractivity contribution in [1.29, 1.82) is 0 Å². The molecule has 1 aromatic heterocycles. The molecule has 0 bridgehead atoms. The number of H-pyrrole nitrogens is 1. The first-order chi connectivity index (χ1) is 6.65. The average molecular weight is 197 g/mol. The molecule has 0 spiro atoms. The van der Waals surface area contributed by atoms with Gasteiger partial charge in [0.15, 0.2) is 0 Å². The van der Waals surface area contributed by atoms with E-state index in [-0.39, 0.29) is 23.8 Å². The summed E-state index contributed by atoms with van der Waals surface area (Å²) in [4.78, 5) is 22.1. The van der Waals surface area contributed by atoms with Crippen LogP contribution >= 0.6 is 0 Å². The predicted molar refractivity (Wildman–Crippen MR) is 49.4 cm³/mol. The Bertz CT molecular complexity index is 346. The van der Waals surface area contributed by atoms with E-state index in [1.807, 2.05) is 0 Å². The van der Waals surface area contributed by atoms with Crippen molar-refractivity contribution >= 4 is 17.5 Å². The molecule has 7 heteroatoms. The normalized spacial score (nSPS) is 9.50. The second kappa shape index (κ2) is 4.26. The van der Waals surface area contributed by atoms with Crippen molar-refractivity contribution in [2.24, 2.45) is 0 Å². The summed E-state index contributed by atoms with van der Waals surface area (Å²) in [6, 6.07) is 0. The summed E-state index contributed by atoms with van der Waals surface area (Å²) in [5, 5.41) is 10.8. The van der Waals surface area contributed by atoms with Gasteiger partial charge in [0, 0.05) is 7.05 Å². The van der Waals surface area contributed by atoms with Crippen LogP contribution < -0.4 is 16.4 Å². The average Bonchev–Trinajstić information content (AvgIpc) is 2.60. The number of amides is 2. The van der Waals surface area contributed by atoms with Gasteiger partial charge in [-0.2, -0.15) is 5.10 Å². The van der Waals surface area contributed by atoms with Gasteiger partial charge in [-0.25, -0.2) is 0 Å². The summed E-state index contributed by atoms with van der Waals surface area (Å²) in [5.41, 5.74) is 5.84. The monoisotopic (exact) mass is 197 g/mol. The zero-order valence-corrected chi connectivity index (χ0v) is 7.63. The molecule has 14 heavy (non-hydrogen) atoms. The number of nitrogens with two attached hydrogens (primary N) is 1. The lowest BCUT2D eigenvalue weighted by molar-refractivity contribution is -0.119. The smallest absolute Gasteiger partial charge is 0.271 e. The Morgan fingerprint density at radius 1 is 1.64 bits per heavy atom. The number of anilines is 1. The largest absolute Gasteiger partial charge is 0.396 e. The summed E-state index contributed by atoms with van der Waals surface area (Å²) in [6.45, 7) is -0.0895. The molecule has 76 valence electrons. The summed E-state index contributed by atoms with van der Waals surface area (Å²) < 4.78 is 0. The first-order valence-electron chi connectivity index (χ1n) is 3.92. The lowest BCUT2D eigenvalue weighted by Crippen LogP contribution is -2.35. The fourth-order valence-corrected chi connectivity index (χ4v) is 0.815. The van der Waals surface area contributed by atoms with Gasteiger partial charge in [-0.3, -0.25) is 14.7 Å². The van der Waals surface area contributed by atoms with E-state index in [0.29, 0.717) is 0 Å². The number of rotatable bonds is 3. The van der Waals surface area contributed by atoms with Gasteiger partial charge in [-0.05, 0) is 0 Å². The lowest BCUT2D eigenvalue weighted by atomic mass is 10.3. The standard InChI is InChI=1S/C7H11N5O2/c1-9-5(13)3-10-7(14)6-4(8)2-11-12-6/h2H,3,8H2,1H3,(H,9,13)(H,10,14)(H,11,12). The van der Waals surface area contributed by atoms with Gasteiger partial charge in [0.05, 0.1) is 18.4 Å². The maximum Gasteiger partial charge on any atom is 0.271 e. The Hall–Kier alpha value is -2.05. The molecule has 0 saturated heterocycles. The number of aromatic amines is 1. The van der Waals surface area contributed by atoms with E-state index in [4.69, 9.17) is 5.73 Å². The first-order valence-corrected chi connectivity index (χ1v) is 3.92. The third-order valence-electron chi connectivity index (χ3n) is 1.58. The summed E-state index contributed by atoms with van der Waals surface area (Å²) in [7, 11) is 1.49. The van der Waals surface area contributed by atoms with Crippen LogP contribution in [0.25, 0.3) is 0 Å². The molecule has 0 atom stereocenters. The Balaban J connectivity index is 2.52. The molecule has 0 aromatic carbocycles. The highest BCUT2D eigenvalue weighted by Crippen LogP contribution is 2.04. The third kappa shape index (κ3) is 2.22. The fourth-order valence-electron chi connectivity index (χ4n) is 0.815. The summed E-state index contributed by atoms with van der Waals surface area (Å²) in [6.07, 6.45) is 1.33. The number of likely N-dealkylation sites (N-methyl/N-ethyl adjacent to an activating group) is 1. The van der Waals surface area contributed by atoms with E-state index in [1.54, 1.807) is 0 Å². The van der Waals surface area contributed by atoms with Crippen molar-refractivity contribution in [3.63, 3.8) is 0 Å². The molecular weight excluding hydrogens is 186 g/mol. The molecule has 1 rings (SSSR count). The minimum atomic E-state index is -0.455. The van der Waals surface area contributed by atoms with Crippen molar-refractivity contribution in [3.8, 4) is 0 Å². The van der Waals surface area contributed by atoms with Gasteiger partial charge in [0.2, 0.25) is 5.91 Å². The fraction of sp³-hybridized carbons (Fsp3) is 0.286. The Kier molecular flexibility index (Phi) is 3.05. The van der Waals surface area contributed by atoms with Crippen molar-refractivity contribution in [2.75, 3.05) is 19.3 Å². The maximum atomic E-state index is 11.3. The predicted octanol–water partition coefficient (Wildman–Crippen LogP) is -1.53. The highest BCUT2D eigenvalue weighted by molar-refractivity contribution is 5.98. The van der Waals surface area contributed by atoms with E-state index < -0.39 is 5.91 Å². The molecular formula is C7H11N5O2. The van der Waals surface area contributed by atoms with Crippen LogP contribution in [-0.2, 0) is 4.79 Å². The molecule has 0 aliphatic rings. The maximum absolute atomic E-state index is 11.3. The van der Waals surface area contributed by atoms with Crippen LogP contribution in [0.1, 0.15) is 10.5 Å². The number of aromatic nitrogens is 2. The number of nitrogen functional groups attached to an aromatic ring is 1. The molecule has 0 saturated carbocycles. The van der Waals surface area contributed by atoms with Crippen LogP contribution in [0.2, 0.25) is 0 Å². The lowest BCUT2D eigenvalue weighted by Gasteiger charge is -2.02. The first kappa shape index (κ1) is 10.0. The van der Waals surface area contributed by atoms with E-state index in [0.717, 1.165) is 0 Å². The van der Waals surface area contributed by atoms with Crippen molar-refractivity contribution in [2.45, 2.75) is 0 Å². The van der Waals surface area contributed by atoms with Crippen molar-refractivity contribution in [3.05, 3.63) is 11.9 Å². The summed E-state index contributed by atoms with van der Waals surface area (Å²) in [5.74, 6) is -0.736. The van der Waals surface area contributed by atoms with E-state index in [2.05, 4.69) is 20.8 Å². The number of nitrogens with one attached hydrogen (secondary N) is 3.